The molecule has 0 atom stereocenters. The van der Waals surface area contributed by atoms with Crippen LogP contribution in [-0.4, -0.2) is 20.6 Å². The highest BCUT2D eigenvalue weighted by atomic mass is 19.4. The smallest absolute Gasteiger partial charge is 0.177 e. The molecule has 0 unspecified atom stereocenters. The molecule has 0 radical (unpaired) electrons. The number of aromatic nitrogens is 4. The van der Waals surface area contributed by atoms with Crippen molar-refractivity contribution in [3.63, 3.8) is 0 Å². The van der Waals surface area contributed by atoms with Crippen LogP contribution in [0, 0.1) is 0 Å². The zero-order valence-electron chi connectivity index (χ0n) is 14.4. The summed E-state index contributed by atoms with van der Waals surface area (Å²) in [6, 6.07) is 13.3. The first-order valence-electron chi connectivity index (χ1n) is 8.35. The summed E-state index contributed by atoms with van der Waals surface area (Å²) in [7, 11) is 0. The minimum Gasteiger partial charge on any atom is -0.177 e. The van der Waals surface area contributed by atoms with Gasteiger partial charge in [0.25, 0.3) is 0 Å². The molecule has 1 heterocycles. The Kier molecular flexibility index (Phi) is 4.14. The number of nitrogens with one attached hydrogen (secondary N) is 1. The normalized spacial score (nSPS) is 15.5. The lowest BCUT2D eigenvalue weighted by molar-refractivity contribution is -0.137. The topological polar surface area (TPSA) is 54.5 Å². The largest absolute Gasteiger partial charge is 0.416 e. The van der Waals surface area contributed by atoms with Crippen molar-refractivity contribution in [1.29, 1.82) is 0 Å². The van der Waals surface area contributed by atoms with Crippen LogP contribution in [0.3, 0.4) is 0 Å². The molecule has 0 bridgehead atoms. The molecule has 0 saturated heterocycles. The number of nitrogens with zero attached hydrogens (tertiary/aromatic N) is 3. The Morgan fingerprint density at radius 1 is 1.00 bits per heavy atom. The molecule has 0 aliphatic heterocycles. The van der Waals surface area contributed by atoms with E-state index in [9.17, 15) is 13.2 Å². The molecule has 0 saturated carbocycles. The maximum atomic E-state index is 13.4. The first kappa shape index (κ1) is 17.2. The van der Waals surface area contributed by atoms with Crippen LogP contribution >= 0.6 is 0 Å². The second-order valence-corrected chi connectivity index (χ2v) is 6.30. The number of tetrazole rings is 1. The summed E-state index contributed by atoms with van der Waals surface area (Å²) in [4.78, 5) is 0. The summed E-state index contributed by atoms with van der Waals surface area (Å²) in [5.74, 6) is 0.538. The molecule has 27 heavy (non-hydrogen) atoms. The Morgan fingerprint density at radius 2 is 1.70 bits per heavy atom. The molecule has 4 nitrogen and oxygen atoms in total. The van der Waals surface area contributed by atoms with Crippen LogP contribution in [0.25, 0.3) is 17.2 Å². The fraction of sp³-hybridized carbons (Fsp3) is 0.150. The summed E-state index contributed by atoms with van der Waals surface area (Å²) in [5, 5.41) is 14.0. The Balaban J connectivity index is 1.86. The van der Waals surface area contributed by atoms with Gasteiger partial charge >= 0.3 is 6.18 Å². The molecular weight excluding hydrogens is 353 g/mol. The number of fused-ring (bicyclic) bond motifs is 1. The van der Waals surface area contributed by atoms with Crippen molar-refractivity contribution in [2.24, 2.45) is 0 Å². The Morgan fingerprint density at radius 3 is 2.41 bits per heavy atom. The van der Waals surface area contributed by atoms with E-state index in [0.29, 0.717) is 12.2 Å². The quantitative estimate of drug-likeness (QED) is 0.723. The van der Waals surface area contributed by atoms with Gasteiger partial charge in [0, 0.05) is 6.42 Å². The van der Waals surface area contributed by atoms with Gasteiger partial charge in [-0.1, -0.05) is 47.7 Å². The highest BCUT2D eigenvalue weighted by Crippen LogP contribution is 2.44. The number of halogens is 3. The van der Waals surface area contributed by atoms with E-state index >= 15 is 0 Å². The van der Waals surface area contributed by atoms with Crippen molar-refractivity contribution >= 4 is 17.2 Å². The number of rotatable bonds is 3. The van der Waals surface area contributed by atoms with E-state index in [-0.39, 0.29) is 5.56 Å². The first-order chi connectivity index (χ1) is 12.9. The van der Waals surface area contributed by atoms with E-state index in [2.05, 4.69) is 20.6 Å². The van der Waals surface area contributed by atoms with Gasteiger partial charge in [0.15, 0.2) is 5.82 Å². The summed E-state index contributed by atoms with van der Waals surface area (Å²) in [6.45, 7) is 1.91. The van der Waals surface area contributed by atoms with Gasteiger partial charge in [-0.05, 0) is 52.5 Å². The van der Waals surface area contributed by atoms with E-state index < -0.39 is 11.7 Å². The van der Waals surface area contributed by atoms with E-state index in [0.717, 1.165) is 33.9 Å². The van der Waals surface area contributed by atoms with E-state index in [4.69, 9.17) is 0 Å². The molecule has 1 aliphatic rings. The van der Waals surface area contributed by atoms with Gasteiger partial charge in [0.05, 0.1) is 5.56 Å². The number of H-pyrrole nitrogens is 1. The van der Waals surface area contributed by atoms with Gasteiger partial charge < -0.3 is 0 Å². The molecule has 1 aliphatic carbocycles. The van der Waals surface area contributed by atoms with E-state index in [1.807, 2.05) is 31.2 Å². The molecule has 136 valence electrons. The SMILES string of the molecule is CC1=C(Cc2nn[nH]n2)c2ccccc2/C1=C\c1ccccc1C(F)(F)F. The third kappa shape index (κ3) is 3.16. The molecule has 4 rings (SSSR count). The average molecular weight is 368 g/mol. The molecule has 0 fully saturated rings. The summed E-state index contributed by atoms with van der Waals surface area (Å²) in [5.41, 5.74) is 4.08. The van der Waals surface area contributed by atoms with Crippen LogP contribution in [0.4, 0.5) is 13.2 Å². The second-order valence-electron chi connectivity index (χ2n) is 6.30. The minimum atomic E-state index is -4.41. The number of hydrogen-bond acceptors (Lipinski definition) is 3. The fourth-order valence-electron chi connectivity index (χ4n) is 3.41. The molecule has 1 N–H and O–H groups in total. The van der Waals surface area contributed by atoms with Crippen molar-refractivity contribution in [3.8, 4) is 0 Å². The van der Waals surface area contributed by atoms with Crippen molar-refractivity contribution in [3.05, 3.63) is 82.2 Å². The molecule has 3 aromatic rings. The van der Waals surface area contributed by atoms with Gasteiger partial charge in [-0.2, -0.15) is 18.4 Å². The molecule has 7 heteroatoms. The maximum absolute atomic E-state index is 13.4. The minimum absolute atomic E-state index is 0.148. The number of allylic oxidation sites excluding steroid dienone is 3. The van der Waals surface area contributed by atoms with Gasteiger partial charge in [-0.3, -0.25) is 0 Å². The van der Waals surface area contributed by atoms with Gasteiger partial charge in [0.1, 0.15) is 0 Å². The average Bonchev–Trinajstić information content (AvgIpc) is 3.24. The molecule has 0 spiro atoms. The van der Waals surface area contributed by atoms with E-state index in [1.165, 1.54) is 12.1 Å². The Bertz CT molecular complexity index is 1050. The summed E-state index contributed by atoms with van der Waals surface area (Å²) in [6.07, 6.45) is -2.34. The van der Waals surface area contributed by atoms with Gasteiger partial charge in [0.2, 0.25) is 0 Å². The molecular formula is C20H15F3N4. The van der Waals surface area contributed by atoms with Crippen molar-refractivity contribution in [2.45, 2.75) is 19.5 Å². The number of benzene rings is 2. The lowest BCUT2D eigenvalue weighted by atomic mass is 9.98. The standard InChI is InChI=1S/C20H15F3N4/c1-12-16(10-13-6-2-5-9-18(13)20(21,22)23)14-7-3-4-8-15(14)17(12)11-19-24-26-27-25-19/h2-10H,11H2,1H3,(H,24,25,26,27)/b16-10-. The van der Waals surface area contributed by atoms with Crippen LogP contribution in [0.1, 0.15) is 35.0 Å². The summed E-state index contributed by atoms with van der Waals surface area (Å²) < 4.78 is 40.1. The lowest BCUT2D eigenvalue weighted by Crippen LogP contribution is -2.07. The molecule has 1 aromatic heterocycles. The number of alkyl halides is 3. The van der Waals surface area contributed by atoms with Crippen molar-refractivity contribution in [1.82, 2.24) is 20.6 Å². The van der Waals surface area contributed by atoms with Crippen molar-refractivity contribution in [2.75, 3.05) is 0 Å². The Hall–Kier alpha value is -3.22. The van der Waals surface area contributed by atoms with Gasteiger partial charge in [-0.15, -0.1) is 10.2 Å². The molecule has 0 amide bonds. The Labute approximate surface area is 153 Å². The fourth-order valence-corrected chi connectivity index (χ4v) is 3.41. The number of aromatic amines is 1. The highest BCUT2D eigenvalue weighted by molar-refractivity contribution is 6.05. The van der Waals surface area contributed by atoms with Gasteiger partial charge in [-0.25, -0.2) is 0 Å². The third-order valence-electron chi connectivity index (χ3n) is 4.69. The zero-order valence-corrected chi connectivity index (χ0v) is 14.4. The van der Waals surface area contributed by atoms with Crippen LogP contribution in [0.15, 0.2) is 54.1 Å². The summed E-state index contributed by atoms with van der Waals surface area (Å²) >= 11 is 0. The zero-order chi connectivity index (χ0) is 19.0. The predicted molar refractivity (Wildman–Crippen MR) is 96.2 cm³/mol. The second kappa shape index (κ2) is 6.50. The predicted octanol–water partition coefficient (Wildman–Crippen LogP) is 4.79. The first-order valence-corrected chi connectivity index (χ1v) is 8.35. The van der Waals surface area contributed by atoms with Crippen LogP contribution < -0.4 is 0 Å². The van der Waals surface area contributed by atoms with Crippen LogP contribution in [0.5, 0.6) is 0 Å². The molecule has 2 aromatic carbocycles. The van der Waals surface area contributed by atoms with Crippen molar-refractivity contribution < 1.29 is 13.2 Å². The van der Waals surface area contributed by atoms with Crippen LogP contribution in [0.2, 0.25) is 0 Å². The maximum Gasteiger partial charge on any atom is 0.416 e. The third-order valence-corrected chi connectivity index (χ3v) is 4.69. The van der Waals surface area contributed by atoms with Crippen LogP contribution in [-0.2, 0) is 12.6 Å². The number of hydrogen-bond donors (Lipinski definition) is 1. The monoisotopic (exact) mass is 368 g/mol. The lowest BCUT2D eigenvalue weighted by Gasteiger charge is -2.11. The van der Waals surface area contributed by atoms with E-state index in [1.54, 1.807) is 12.1 Å². The highest BCUT2D eigenvalue weighted by Gasteiger charge is 2.33.